The van der Waals surface area contributed by atoms with E-state index in [1.165, 1.54) is 0 Å². The van der Waals surface area contributed by atoms with Crippen LogP contribution in [0.1, 0.15) is 5.56 Å². The van der Waals surface area contributed by atoms with Gasteiger partial charge in [0.05, 0.1) is 5.39 Å². The van der Waals surface area contributed by atoms with Crippen molar-refractivity contribution in [2.45, 2.75) is 13.1 Å². The van der Waals surface area contributed by atoms with E-state index in [0.29, 0.717) is 15.9 Å². The predicted octanol–water partition coefficient (Wildman–Crippen LogP) is 1.76. The zero-order valence-corrected chi connectivity index (χ0v) is 12.8. The van der Waals surface area contributed by atoms with Crippen molar-refractivity contribution in [1.29, 1.82) is 0 Å². The van der Waals surface area contributed by atoms with Crippen molar-refractivity contribution in [1.82, 2.24) is 20.3 Å². The van der Waals surface area contributed by atoms with Gasteiger partial charge < -0.3 is 5.32 Å². The minimum atomic E-state index is -0.344. The maximum Gasteiger partial charge on any atom is 0.278 e. The predicted molar refractivity (Wildman–Crippen MR) is 87.1 cm³/mol. The number of carbonyl (C=O) groups is 1. The molecule has 1 amide bonds. The van der Waals surface area contributed by atoms with Crippen LogP contribution in [0.2, 0.25) is 5.02 Å². The molecule has 1 N–H and O–H groups in total. The molecule has 0 aliphatic rings. The van der Waals surface area contributed by atoms with Crippen LogP contribution in [0.4, 0.5) is 0 Å². The highest BCUT2D eigenvalue weighted by molar-refractivity contribution is 6.31. The van der Waals surface area contributed by atoms with Crippen molar-refractivity contribution >= 4 is 28.4 Å². The third kappa shape index (κ3) is 3.37. The number of hydrogen-bond donors (Lipinski definition) is 1. The van der Waals surface area contributed by atoms with Gasteiger partial charge in [0.1, 0.15) is 12.1 Å². The monoisotopic (exact) mass is 328 g/mol. The normalized spacial score (nSPS) is 10.7. The molecule has 0 aliphatic carbocycles. The number of fused-ring (bicyclic) bond motifs is 1. The molecule has 0 fully saturated rings. The van der Waals surface area contributed by atoms with Crippen LogP contribution in [-0.2, 0) is 17.9 Å². The molecule has 0 saturated heterocycles. The molecule has 0 bridgehead atoms. The number of amides is 1. The Labute approximate surface area is 136 Å². The molecular weight excluding hydrogens is 316 g/mol. The first-order valence-corrected chi connectivity index (χ1v) is 7.35. The summed E-state index contributed by atoms with van der Waals surface area (Å²) in [6, 6.07) is 14.1. The Kier molecular flexibility index (Phi) is 4.34. The number of nitrogens with zero attached hydrogens (tertiary/aromatic N) is 3. The first kappa shape index (κ1) is 15.2. The van der Waals surface area contributed by atoms with Gasteiger partial charge in [-0.2, -0.15) is 0 Å². The Balaban J connectivity index is 1.72. The first-order chi connectivity index (χ1) is 11.1. The molecule has 0 aliphatic heterocycles. The summed E-state index contributed by atoms with van der Waals surface area (Å²) >= 11 is 6.03. The van der Waals surface area contributed by atoms with E-state index in [-0.39, 0.29) is 24.6 Å². The summed E-state index contributed by atoms with van der Waals surface area (Å²) in [6.45, 7) is 0.0926. The van der Waals surface area contributed by atoms with E-state index < -0.39 is 0 Å². The summed E-state index contributed by atoms with van der Waals surface area (Å²) in [6.07, 6.45) is 0. The fraction of sp³-hybridized carbons (Fsp3) is 0.125. The smallest absolute Gasteiger partial charge is 0.278 e. The van der Waals surface area contributed by atoms with Crippen molar-refractivity contribution in [2.75, 3.05) is 0 Å². The van der Waals surface area contributed by atoms with Gasteiger partial charge in [0.15, 0.2) is 0 Å². The second-order valence-electron chi connectivity index (χ2n) is 4.94. The lowest BCUT2D eigenvalue weighted by Gasteiger charge is -2.08. The van der Waals surface area contributed by atoms with E-state index in [1.807, 2.05) is 18.2 Å². The highest BCUT2D eigenvalue weighted by Crippen LogP contribution is 2.14. The molecule has 2 aromatic carbocycles. The van der Waals surface area contributed by atoms with Crippen LogP contribution in [0.3, 0.4) is 0 Å². The van der Waals surface area contributed by atoms with Crippen molar-refractivity contribution < 1.29 is 4.79 Å². The molecule has 0 atom stereocenters. The molecule has 1 heterocycles. The summed E-state index contributed by atoms with van der Waals surface area (Å²) in [4.78, 5) is 24.3. The van der Waals surface area contributed by atoms with Crippen LogP contribution in [0.5, 0.6) is 0 Å². The van der Waals surface area contributed by atoms with Gasteiger partial charge in [-0.25, -0.2) is 4.68 Å². The number of hydrogen-bond acceptors (Lipinski definition) is 4. The zero-order valence-electron chi connectivity index (χ0n) is 12.1. The van der Waals surface area contributed by atoms with Crippen molar-refractivity contribution in [2.24, 2.45) is 0 Å². The van der Waals surface area contributed by atoms with Crippen LogP contribution in [-0.4, -0.2) is 20.9 Å². The third-order valence-corrected chi connectivity index (χ3v) is 3.73. The summed E-state index contributed by atoms with van der Waals surface area (Å²) in [5, 5.41) is 11.4. The lowest BCUT2D eigenvalue weighted by molar-refractivity contribution is -0.122. The van der Waals surface area contributed by atoms with Gasteiger partial charge in [-0.3, -0.25) is 9.59 Å². The molecule has 23 heavy (non-hydrogen) atoms. The molecule has 1 aromatic heterocycles. The molecule has 0 spiro atoms. The number of carbonyl (C=O) groups excluding carboxylic acids is 1. The largest absolute Gasteiger partial charge is 0.350 e. The average molecular weight is 329 g/mol. The standard InChI is InChI=1S/C16H13ClN4O2/c17-13-7-3-1-5-11(13)9-18-15(22)10-21-16(23)12-6-2-4-8-14(12)19-20-21/h1-8H,9-10H2,(H,18,22). The summed E-state index contributed by atoms with van der Waals surface area (Å²) in [7, 11) is 0. The maximum atomic E-state index is 12.3. The van der Waals surface area contributed by atoms with Gasteiger partial charge in [-0.15, -0.1) is 5.10 Å². The minimum absolute atomic E-state index is 0.193. The fourth-order valence-corrected chi connectivity index (χ4v) is 2.36. The Morgan fingerprint density at radius 3 is 2.70 bits per heavy atom. The minimum Gasteiger partial charge on any atom is -0.350 e. The number of nitrogens with one attached hydrogen (secondary N) is 1. The van der Waals surface area contributed by atoms with Crippen LogP contribution >= 0.6 is 11.6 Å². The second kappa shape index (κ2) is 6.58. The van der Waals surface area contributed by atoms with Crippen LogP contribution in [0.25, 0.3) is 10.9 Å². The van der Waals surface area contributed by atoms with Gasteiger partial charge in [0.2, 0.25) is 5.91 Å². The summed E-state index contributed by atoms with van der Waals surface area (Å²) in [5.41, 5.74) is 0.966. The Morgan fingerprint density at radius 2 is 1.87 bits per heavy atom. The Morgan fingerprint density at radius 1 is 1.13 bits per heavy atom. The topological polar surface area (TPSA) is 76.9 Å². The molecule has 7 heteroatoms. The quantitative estimate of drug-likeness (QED) is 0.791. The van der Waals surface area contributed by atoms with Gasteiger partial charge in [0.25, 0.3) is 5.56 Å². The van der Waals surface area contributed by atoms with E-state index in [2.05, 4.69) is 15.6 Å². The van der Waals surface area contributed by atoms with E-state index in [1.54, 1.807) is 30.3 Å². The average Bonchev–Trinajstić information content (AvgIpc) is 2.57. The molecule has 0 saturated carbocycles. The molecule has 0 radical (unpaired) electrons. The fourth-order valence-electron chi connectivity index (χ4n) is 2.15. The highest BCUT2D eigenvalue weighted by Gasteiger charge is 2.09. The molecule has 3 aromatic rings. The Hall–Kier alpha value is -2.73. The van der Waals surface area contributed by atoms with Crippen molar-refractivity contribution in [3.05, 3.63) is 69.5 Å². The van der Waals surface area contributed by atoms with E-state index in [4.69, 9.17) is 11.6 Å². The van der Waals surface area contributed by atoms with Crippen LogP contribution < -0.4 is 10.9 Å². The third-order valence-electron chi connectivity index (χ3n) is 3.36. The zero-order chi connectivity index (χ0) is 16.2. The SMILES string of the molecule is O=C(Cn1nnc2ccccc2c1=O)NCc1ccccc1Cl. The van der Waals surface area contributed by atoms with Crippen molar-refractivity contribution in [3.8, 4) is 0 Å². The molecule has 6 nitrogen and oxygen atoms in total. The number of halogens is 1. The number of aromatic nitrogens is 3. The summed E-state index contributed by atoms with van der Waals surface area (Å²) in [5.74, 6) is -0.336. The van der Waals surface area contributed by atoms with E-state index in [9.17, 15) is 9.59 Å². The van der Waals surface area contributed by atoms with Crippen molar-refractivity contribution in [3.63, 3.8) is 0 Å². The van der Waals surface area contributed by atoms with E-state index in [0.717, 1.165) is 10.2 Å². The highest BCUT2D eigenvalue weighted by atomic mass is 35.5. The van der Waals surface area contributed by atoms with Gasteiger partial charge in [-0.1, -0.05) is 47.1 Å². The maximum absolute atomic E-state index is 12.3. The molecule has 3 rings (SSSR count). The molecule has 116 valence electrons. The Bertz CT molecular complexity index is 923. The molecule has 0 unspecified atom stereocenters. The second-order valence-corrected chi connectivity index (χ2v) is 5.34. The number of benzene rings is 2. The lowest BCUT2D eigenvalue weighted by Crippen LogP contribution is -2.34. The van der Waals surface area contributed by atoms with Crippen LogP contribution in [0, 0.1) is 0 Å². The first-order valence-electron chi connectivity index (χ1n) is 6.98. The summed E-state index contributed by atoms with van der Waals surface area (Å²) < 4.78 is 1.05. The molecular formula is C16H13ClN4O2. The van der Waals surface area contributed by atoms with Gasteiger partial charge in [0, 0.05) is 11.6 Å². The van der Waals surface area contributed by atoms with E-state index >= 15 is 0 Å². The van der Waals surface area contributed by atoms with Gasteiger partial charge >= 0.3 is 0 Å². The lowest BCUT2D eigenvalue weighted by atomic mass is 10.2. The van der Waals surface area contributed by atoms with Crippen LogP contribution in [0.15, 0.2) is 53.3 Å². The number of rotatable bonds is 4. The van der Waals surface area contributed by atoms with Gasteiger partial charge in [-0.05, 0) is 23.8 Å².